The number of aromatic amines is 1. The van der Waals surface area contributed by atoms with Crippen LogP contribution in [0.3, 0.4) is 0 Å². The van der Waals surface area contributed by atoms with E-state index < -0.39 is 11.7 Å². The molecule has 0 radical (unpaired) electrons. The monoisotopic (exact) mass is 387 g/mol. The molecule has 142 valence electrons. The summed E-state index contributed by atoms with van der Waals surface area (Å²) in [7, 11) is 0. The molecule has 7 nitrogen and oxygen atoms in total. The highest BCUT2D eigenvalue weighted by Gasteiger charge is 2.23. The van der Waals surface area contributed by atoms with Crippen LogP contribution >= 0.6 is 0 Å². The topological polar surface area (TPSA) is 104 Å². The molecule has 4 rings (SSSR count). The van der Waals surface area contributed by atoms with E-state index in [1.54, 1.807) is 30.5 Å². The second-order valence-corrected chi connectivity index (χ2v) is 6.36. The standard InChI is InChI=1S/C21H14FN5O2/c22-15-7-5-13(6-8-15)11-27-12-17(16-3-1-2-4-18(16)27)19(28)21(29)25-20-14(9-23)10-24-26-20/h1-8,10,12H,11H2,(H2,24,25,26,29). The number of benzene rings is 2. The quantitative estimate of drug-likeness (QED) is 0.405. The van der Waals surface area contributed by atoms with Crippen LogP contribution in [0.25, 0.3) is 10.9 Å². The maximum atomic E-state index is 13.2. The molecule has 0 atom stereocenters. The van der Waals surface area contributed by atoms with Crippen molar-refractivity contribution in [2.45, 2.75) is 6.54 Å². The van der Waals surface area contributed by atoms with Crippen molar-refractivity contribution in [1.29, 1.82) is 5.26 Å². The highest BCUT2D eigenvalue weighted by Crippen LogP contribution is 2.23. The Morgan fingerprint density at radius 2 is 1.93 bits per heavy atom. The fourth-order valence-electron chi connectivity index (χ4n) is 3.10. The number of carbonyl (C=O) groups is 2. The number of anilines is 1. The number of halogens is 1. The van der Waals surface area contributed by atoms with Crippen molar-refractivity contribution in [3.63, 3.8) is 0 Å². The molecule has 0 bridgehead atoms. The van der Waals surface area contributed by atoms with Crippen molar-refractivity contribution >= 4 is 28.4 Å². The van der Waals surface area contributed by atoms with Crippen LogP contribution in [0, 0.1) is 17.1 Å². The van der Waals surface area contributed by atoms with Gasteiger partial charge in [0.1, 0.15) is 17.4 Å². The highest BCUT2D eigenvalue weighted by molar-refractivity contribution is 6.48. The predicted octanol–water partition coefficient (Wildman–Crippen LogP) is 3.24. The third-order valence-corrected chi connectivity index (χ3v) is 4.50. The molecule has 0 spiro atoms. The van der Waals surface area contributed by atoms with Crippen LogP contribution in [-0.2, 0) is 11.3 Å². The van der Waals surface area contributed by atoms with Crippen LogP contribution in [0.2, 0.25) is 0 Å². The van der Waals surface area contributed by atoms with Gasteiger partial charge in [0.15, 0.2) is 5.82 Å². The van der Waals surface area contributed by atoms with Crippen LogP contribution in [0.15, 0.2) is 60.9 Å². The molecule has 2 aromatic heterocycles. The summed E-state index contributed by atoms with van der Waals surface area (Å²) in [4.78, 5) is 25.3. The maximum Gasteiger partial charge on any atom is 0.298 e. The molecule has 0 fully saturated rings. The summed E-state index contributed by atoms with van der Waals surface area (Å²) in [6.45, 7) is 0.410. The van der Waals surface area contributed by atoms with E-state index in [1.165, 1.54) is 18.3 Å². The van der Waals surface area contributed by atoms with Gasteiger partial charge in [-0.05, 0) is 23.8 Å². The summed E-state index contributed by atoms with van der Waals surface area (Å²) in [5, 5.41) is 18.2. The summed E-state index contributed by atoms with van der Waals surface area (Å²) >= 11 is 0. The minimum absolute atomic E-state index is 0.000834. The fourth-order valence-corrected chi connectivity index (χ4v) is 3.10. The van der Waals surface area contributed by atoms with Gasteiger partial charge in [0, 0.05) is 29.8 Å². The first kappa shape index (κ1) is 18.1. The van der Waals surface area contributed by atoms with Gasteiger partial charge in [0.05, 0.1) is 5.56 Å². The van der Waals surface area contributed by atoms with E-state index in [0.717, 1.165) is 11.1 Å². The van der Waals surface area contributed by atoms with E-state index in [1.807, 2.05) is 22.8 Å². The lowest BCUT2D eigenvalue weighted by Gasteiger charge is -2.05. The lowest BCUT2D eigenvalue weighted by Crippen LogP contribution is -2.23. The number of Topliss-reactive ketones (excluding diaryl/α,β-unsaturated/α-hetero) is 1. The summed E-state index contributed by atoms with van der Waals surface area (Å²) in [5.74, 6) is -1.96. The Morgan fingerprint density at radius 1 is 1.17 bits per heavy atom. The number of fused-ring (bicyclic) bond motifs is 1. The summed E-state index contributed by atoms with van der Waals surface area (Å²) in [6, 6.07) is 15.2. The molecule has 2 heterocycles. The zero-order valence-electron chi connectivity index (χ0n) is 15.0. The number of amides is 1. The zero-order valence-corrected chi connectivity index (χ0v) is 15.0. The average Bonchev–Trinajstić information content (AvgIpc) is 3.33. The third-order valence-electron chi connectivity index (χ3n) is 4.50. The Hall–Kier alpha value is -4.25. The molecule has 0 aliphatic rings. The normalized spacial score (nSPS) is 10.6. The van der Waals surface area contributed by atoms with Crippen molar-refractivity contribution < 1.29 is 14.0 Å². The molecule has 2 aromatic carbocycles. The smallest absolute Gasteiger partial charge is 0.298 e. The van der Waals surface area contributed by atoms with Gasteiger partial charge in [0.25, 0.3) is 11.7 Å². The SMILES string of the molecule is N#Cc1c[nH]nc1NC(=O)C(=O)c1cn(Cc2ccc(F)cc2)c2ccccc12. The number of hydrogen-bond donors (Lipinski definition) is 2. The van der Waals surface area contributed by atoms with Gasteiger partial charge in [-0.1, -0.05) is 30.3 Å². The van der Waals surface area contributed by atoms with Gasteiger partial charge in [-0.15, -0.1) is 0 Å². The Labute approximate surface area is 164 Å². The number of carbonyl (C=O) groups excluding carboxylic acids is 2. The van der Waals surface area contributed by atoms with Gasteiger partial charge in [-0.3, -0.25) is 14.7 Å². The Morgan fingerprint density at radius 3 is 2.69 bits per heavy atom. The van der Waals surface area contributed by atoms with Gasteiger partial charge >= 0.3 is 0 Å². The van der Waals surface area contributed by atoms with Gasteiger partial charge in [-0.2, -0.15) is 10.4 Å². The largest absolute Gasteiger partial charge is 0.342 e. The number of ketones is 1. The van der Waals surface area contributed by atoms with E-state index in [0.29, 0.717) is 11.9 Å². The van der Waals surface area contributed by atoms with Crippen LogP contribution in [0.4, 0.5) is 10.2 Å². The molecule has 0 saturated carbocycles. The summed E-state index contributed by atoms with van der Waals surface area (Å²) < 4.78 is 15.0. The predicted molar refractivity (Wildman–Crippen MR) is 104 cm³/mol. The first-order valence-corrected chi connectivity index (χ1v) is 8.68. The molecule has 29 heavy (non-hydrogen) atoms. The lowest BCUT2D eigenvalue weighted by atomic mass is 10.1. The van der Waals surface area contributed by atoms with E-state index >= 15 is 0 Å². The highest BCUT2D eigenvalue weighted by atomic mass is 19.1. The second kappa shape index (κ2) is 7.40. The van der Waals surface area contributed by atoms with Crippen molar-refractivity contribution in [2.75, 3.05) is 5.32 Å². The Balaban J connectivity index is 1.66. The number of nitriles is 1. The number of nitrogens with one attached hydrogen (secondary N) is 2. The number of nitrogens with zero attached hydrogens (tertiary/aromatic N) is 3. The van der Waals surface area contributed by atoms with E-state index in [4.69, 9.17) is 5.26 Å². The molecule has 8 heteroatoms. The zero-order chi connectivity index (χ0) is 20.4. The van der Waals surface area contributed by atoms with Crippen molar-refractivity contribution in [1.82, 2.24) is 14.8 Å². The maximum absolute atomic E-state index is 13.2. The number of rotatable bonds is 5. The second-order valence-electron chi connectivity index (χ2n) is 6.36. The first-order valence-electron chi connectivity index (χ1n) is 8.68. The van der Waals surface area contributed by atoms with Crippen LogP contribution in [0.1, 0.15) is 21.5 Å². The third kappa shape index (κ3) is 3.49. The van der Waals surface area contributed by atoms with Gasteiger partial charge in [-0.25, -0.2) is 4.39 Å². The molecule has 2 N–H and O–H groups in total. The summed E-state index contributed by atoms with van der Waals surface area (Å²) in [5.41, 5.74) is 1.98. The number of aromatic nitrogens is 3. The van der Waals surface area contributed by atoms with Crippen molar-refractivity contribution in [3.05, 3.63) is 83.4 Å². The first-order chi connectivity index (χ1) is 14.1. The van der Waals surface area contributed by atoms with E-state index in [-0.39, 0.29) is 22.8 Å². The lowest BCUT2D eigenvalue weighted by molar-refractivity contribution is -0.112. The fraction of sp³-hybridized carbons (Fsp3) is 0.0476. The van der Waals surface area contributed by atoms with E-state index in [2.05, 4.69) is 15.5 Å². The number of para-hydroxylation sites is 1. The number of H-pyrrole nitrogens is 1. The molecule has 0 unspecified atom stereocenters. The van der Waals surface area contributed by atoms with Crippen LogP contribution in [0.5, 0.6) is 0 Å². The van der Waals surface area contributed by atoms with Crippen LogP contribution < -0.4 is 5.32 Å². The molecule has 0 saturated heterocycles. The molecule has 0 aliphatic carbocycles. The number of hydrogen-bond acceptors (Lipinski definition) is 4. The summed E-state index contributed by atoms with van der Waals surface area (Å²) in [6.07, 6.45) is 2.93. The molecular weight excluding hydrogens is 373 g/mol. The Kier molecular flexibility index (Phi) is 4.63. The van der Waals surface area contributed by atoms with Crippen molar-refractivity contribution in [3.8, 4) is 6.07 Å². The molecule has 0 aliphatic heterocycles. The minimum Gasteiger partial charge on any atom is -0.342 e. The minimum atomic E-state index is -0.890. The molecular formula is C21H14FN5O2. The average molecular weight is 387 g/mol. The van der Waals surface area contributed by atoms with Crippen LogP contribution in [-0.4, -0.2) is 26.5 Å². The van der Waals surface area contributed by atoms with Gasteiger partial charge in [0.2, 0.25) is 0 Å². The van der Waals surface area contributed by atoms with Gasteiger partial charge < -0.3 is 9.88 Å². The van der Waals surface area contributed by atoms with E-state index in [9.17, 15) is 14.0 Å². The molecule has 1 amide bonds. The Bertz CT molecular complexity index is 1260. The van der Waals surface area contributed by atoms with Crippen molar-refractivity contribution in [2.24, 2.45) is 0 Å². The molecule has 4 aromatic rings.